The standard InChI is InChI=1S/C20H25FN4O/c21-16-9-7-15(8-10-16)18-6-3-13-24(18)14-20(26)23-19-11-12-22-25(19)17-4-1-2-5-17/h7-12,17-18H,1-6,13-14H2,(H,23,26). The van der Waals surface area contributed by atoms with Gasteiger partial charge in [-0.25, -0.2) is 9.07 Å². The van der Waals surface area contributed by atoms with E-state index in [1.165, 1.54) is 25.0 Å². The fourth-order valence-electron chi connectivity index (χ4n) is 4.30. The maximum absolute atomic E-state index is 13.2. The number of amides is 1. The van der Waals surface area contributed by atoms with Gasteiger partial charge in [0.15, 0.2) is 0 Å². The number of carbonyl (C=O) groups excluding carboxylic acids is 1. The second-order valence-corrected chi connectivity index (χ2v) is 7.33. The number of likely N-dealkylation sites (tertiary alicyclic amines) is 1. The molecule has 0 bridgehead atoms. The molecule has 1 aliphatic carbocycles. The number of rotatable bonds is 5. The van der Waals surface area contributed by atoms with Crippen LogP contribution in [0.25, 0.3) is 0 Å². The van der Waals surface area contributed by atoms with E-state index >= 15 is 0 Å². The third kappa shape index (κ3) is 3.65. The maximum atomic E-state index is 13.2. The van der Waals surface area contributed by atoms with Crippen LogP contribution < -0.4 is 5.32 Å². The molecule has 0 spiro atoms. The molecule has 0 radical (unpaired) electrons. The molecule has 4 rings (SSSR count). The highest BCUT2D eigenvalue weighted by atomic mass is 19.1. The smallest absolute Gasteiger partial charge is 0.239 e. The van der Waals surface area contributed by atoms with Crippen LogP contribution in [0.3, 0.4) is 0 Å². The monoisotopic (exact) mass is 356 g/mol. The van der Waals surface area contributed by atoms with Gasteiger partial charge in [-0.15, -0.1) is 0 Å². The summed E-state index contributed by atoms with van der Waals surface area (Å²) in [7, 11) is 0. The van der Waals surface area contributed by atoms with Crippen LogP contribution in [0.5, 0.6) is 0 Å². The predicted octanol–water partition coefficient (Wildman–Crippen LogP) is 3.91. The maximum Gasteiger partial charge on any atom is 0.239 e. The highest BCUT2D eigenvalue weighted by molar-refractivity contribution is 5.91. The first-order chi connectivity index (χ1) is 12.7. The first-order valence-electron chi connectivity index (χ1n) is 9.53. The SMILES string of the molecule is O=C(CN1CCCC1c1ccc(F)cc1)Nc1ccnn1C1CCCC1. The molecule has 1 aromatic heterocycles. The van der Waals surface area contributed by atoms with E-state index < -0.39 is 0 Å². The van der Waals surface area contributed by atoms with E-state index in [1.807, 2.05) is 22.9 Å². The van der Waals surface area contributed by atoms with Crippen LogP contribution in [0.2, 0.25) is 0 Å². The van der Waals surface area contributed by atoms with Crippen molar-refractivity contribution in [1.29, 1.82) is 0 Å². The number of halogens is 1. The molecule has 2 aromatic rings. The zero-order chi connectivity index (χ0) is 17.9. The van der Waals surface area contributed by atoms with Gasteiger partial charge in [-0.3, -0.25) is 9.69 Å². The van der Waals surface area contributed by atoms with E-state index in [4.69, 9.17) is 0 Å². The Morgan fingerprint density at radius 3 is 2.65 bits per heavy atom. The van der Waals surface area contributed by atoms with Crippen LogP contribution in [0.1, 0.15) is 56.2 Å². The van der Waals surface area contributed by atoms with Crippen molar-refractivity contribution < 1.29 is 9.18 Å². The molecule has 2 aliphatic rings. The average Bonchev–Trinajstić information content (AvgIpc) is 3.36. The summed E-state index contributed by atoms with van der Waals surface area (Å²) >= 11 is 0. The fraction of sp³-hybridized carbons (Fsp3) is 0.500. The molecule has 1 amide bonds. The molecule has 138 valence electrons. The van der Waals surface area contributed by atoms with Gasteiger partial charge in [0, 0.05) is 12.1 Å². The first kappa shape index (κ1) is 17.2. The van der Waals surface area contributed by atoms with Gasteiger partial charge in [0.25, 0.3) is 0 Å². The molecule has 1 saturated carbocycles. The highest BCUT2D eigenvalue weighted by Gasteiger charge is 2.28. The lowest BCUT2D eigenvalue weighted by atomic mass is 10.0. The second-order valence-electron chi connectivity index (χ2n) is 7.33. The van der Waals surface area contributed by atoms with Crippen LogP contribution in [0, 0.1) is 5.82 Å². The number of hydrogen-bond acceptors (Lipinski definition) is 3. The van der Waals surface area contributed by atoms with Crippen molar-refractivity contribution in [3.63, 3.8) is 0 Å². The Kier molecular flexibility index (Phi) is 5.02. The Morgan fingerprint density at radius 2 is 1.88 bits per heavy atom. The fourth-order valence-corrected chi connectivity index (χ4v) is 4.30. The lowest BCUT2D eigenvalue weighted by Crippen LogP contribution is -2.33. The quantitative estimate of drug-likeness (QED) is 0.884. The summed E-state index contributed by atoms with van der Waals surface area (Å²) in [6.07, 6.45) is 8.52. The van der Waals surface area contributed by atoms with Crippen molar-refractivity contribution in [3.8, 4) is 0 Å². The third-order valence-corrected chi connectivity index (χ3v) is 5.57. The minimum Gasteiger partial charge on any atom is -0.310 e. The zero-order valence-electron chi connectivity index (χ0n) is 14.9. The van der Waals surface area contributed by atoms with Crippen LogP contribution in [0.15, 0.2) is 36.5 Å². The van der Waals surface area contributed by atoms with Crippen LogP contribution in [-0.2, 0) is 4.79 Å². The van der Waals surface area contributed by atoms with E-state index in [-0.39, 0.29) is 17.8 Å². The number of hydrogen-bond donors (Lipinski definition) is 1. The molecule has 1 N–H and O–H groups in total. The van der Waals surface area contributed by atoms with E-state index in [2.05, 4.69) is 15.3 Å². The largest absolute Gasteiger partial charge is 0.310 e. The minimum atomic E-state index is -0.226. The van der Waals surface area contributed by atoms with E-state index in [9.17, 15) is 9.18 Å². The van der Waals surface area contributed by atoms with Gasteiger partial charge < -0.3 is 5.32 Å². The van der Waals surface area contributed by atoms with E-state index in [0.717, 1.165) is 43.6 Å². The zero-order valence-corrected chi connectivity index (χ0v) is 14.9. The molecule has 1 saturated heterocycles. The molecule has 5 nitrogen and oxygen atoms in total. The van der Waals surface area contributed by atoms with Crippen molar-refractivity contribution in [2.24, 2.45) is 0 Å². The van der Waals surface area contributed by atoms with Gasteiger partial charge in [0.2, 0.25) is 5.91 Å². The van der Waals surface area contributed by atoms with Crippen LogP contribution in [0.4, 0.5) is 10.2 Å². The Balaban J connectivity index is 1.40. The minimum absolute atomic E-state index is 0.0150. The summed E-state index contributed by atoms with van der Waals surface area (Å²) in [5, 5.41) is 7.44. The van der Waals surface area contributed by atoms with Gasteiger partial charge in [-0.05, 0) is 49.9 Å². The average molecular weight is 356 g/mol. The molecule has 6 heteroatoms. The molecule has 26 heavy (non-hydrogen) atoms. The molecule has 1 atom stereocenters. The number of aromatic nitrogens is 2. The predicted molar refractivity (Wildman–Crippen MR) is 98.3 cm³/mol. The number of nitrogens with one attached hydrogen (secondary N) is 1. The molecule has 2 fully saturated rings. The number of nitrogens with zero attached hydrogens (tertiary/aromatic N) is 3. The number of anilines is 1. The van der Waals surface area contributed by atoms with E-state index in [0.29, 0.717) is 12.6 Å². The van der Waals surface area contributed by atoms with Gasteiger partial charge in [-0.1, -0.05) is 25.0 Å². The van der Waals surface area contributed by atoms with Crippen molar-refractivity contribution in [1.82, 2.24) is 14.7 Å². The lowest BCUT2D eigenvalue weighted by Gasteiger charge is -2.24. The highest BCUT2D eigenvalue weighted by Crippen LogP contribution is 2.33. The normalized spacial score (nSPS) is 21.3. The lowest BCUT2D eigenvalue weighted by molar-refractivity contribution is -0.117. The van der Waals surface area contributed by atoms with Crippen molar-refractivity contribution in [3.05, 3.63) is 47.9 Å². The van der Waals surface area contributed by atoms with Crippen molar-refractivity contribution in [2.45, 2.75) is 50.6 Å². The van der Waals surface area contributed by atoms with Gasteiger partial charge in [0.05, 0.1) is 18.8 Å². The molecule has 1 unspecified atom stereocenters. The van der Waals surface area contributed by atoms with E-state index in [1.54, 1.807) is 6.20 Å². The molecule has 1 aromatic carbocycles. The molecule has 1 aliphatic heterocycles. The Hall–Kier alpha value is -2.21. The van der Waals surface area contributed by atoms with Crippen molar-refractivity contribution in [2.75, 3.05) is 18.4 Å². The molecular weight excluding hydrogens is 331 g/mol. The third-order valence-electron chi connectivity index (χ3n) is 5.57. The summed E-state index contributed by atoms with van der Waals surface area (Å²) in [6, 6.07) is 9.09. The Labute approximate surface area is 153 Å². The number of benzene rings is 1. The number of carbonyl (C=O) groups is 1. The molecular formula is C20H25FN4O. The summed E-state index contributed by atoms with van der Waals surface area (Å²) in [6.45, 7) is 1.23. The van der Waals surface area contributed by atoms with Crippen molar-refractivity contribution >= 4 is 11.7 Å². The van der Waals surface area contributed by atoms with Crippen LogP contribution >= 0.6 is 0 Å². The summed E-state index contributed by atoms with van der Waals surface area (Å²) < 4.78 is 15.1. The Morgan fingerprint density at radius 1 is 1.12 bits per heavy atom. The Bertz CT molecular complexity index is 751. The van der Waals surface area contributed by atoms with Gasteiger partial charge in [-0.2, -0.15) is 5.10 Å². The van der Waals surface area contributed by atoms with Gasteiger partial charge in [0.1, 0.15) is 11.6 Å². The second kappa shape index (κ2) is 7.58. The first-order valence-corrected chi connectivity index (χ1v) is 9.53. The molecule has 2 heterocycles. The van der Waals surface area contributed by atoms with Crippen LogP contribution in [-0.4, -0.2) is 33.7 Å². The summed E-state index contributed by atoms with van der Waals surface area (Å²) in [5.74, 6) is 0.550. The summed E-state index contributed by atoms with van der Waals surface area (Å²) in [5.41, 5.74) is 1.08. The van der Waals surface area contributed by atoms with Gasteiger partial charge >= 0.3 is 0 Å². The topological polar surface area (TPSA) is 50.2 Å². The summed E-state index contributed by atoms with van der Waals surface area (Å²) in [4.78, 5) is 14.8.